The Morgan fingerprint density at radius 3 is 2.61 bits per heavy atom. The van der Waals surface area contributed by atoms with E-state index in [0.717, 1.165) is 25.7 Å². The first kappa shape index (κ1) is 13.8. The minimum atomic E-state index is -0.0200. The van der Waals surface area contributed by atoms with Gasteiger partial charge in [-0.2, -0.15) is 0 Å². The fraction of sp³-hybridized carbons (Fsp3) is 0.929. The van der Waals surface area contributed by atoms with Crippen molar-refractivity contribution in [3.63, 3.8) is 0 Å². The molecule has 1 heterocycles. The molecule has 4 heteroatoms. The molecule has 104 valence electrons. The summed E-state index contributed by atoms with van der Waals surface area (Å²) in [5, 5.41) is 3.40. The highest BCUT2D eigenvalue weighted by Gasteiger charge is 2.38. The molecule has 2 unspecified atom stereocenters. The number of nitrogens with one attached hydrogen (secondary N) is 1. The van der Waals surface area contributed by atoms with Crippen LogP contribution in [0.4, 0.5) is 0 Å². The summed E-state index contributed by atoms with van der Waals surface area (Å²) in [6, 6.07) is 0.768. The van der Waals surface area contributed by atoms with Crippen LogP contribution in [0.1, 0.15) is 40.5 Å². The van der Waals surface area contributed by atoms with Gasteiger partial charge in [-0.25, -0.2) is 0 Å². The summed E-state index contributed by atoms with van der Waals surface area (Å²) >= 11 is 0. The summed E-state index contributed by atoms with van der Waals surface area (Å²) < 4.78 is 0. The number of likely N-dealkylation sites (N-methyl/N-ethyl adjacent to an activating group) is 1. The van der Waals surface area contributed by atoms with Crippen molar-refractivity contribution in [1.29, 1.82) is 0 Å². The predicted molar refractivity (Wildman–Crippen MR) is 73.2 cm³/mol. The monoisotopic (exact) mass is 253 g/mol. The van der Waals surface area contributed by atoms with E-state index in [1.807, 2.05) is 11.8 Å². The van der Waals surface area contributed by atoms with Crippen LogP contribution in [0.3, 0.4) is 0 Å². The summed E-state index contributed by atoms with van der Waals surface area (Å²) in [7, 11) is 0. The van der Waals surface area contributed by atoms with Crippen molar-refractivity contribution in [1.82, 2.24) is 15.1 Å². The second-order valence-electron chi connectivity index (χ2n) is 5.97. The van der Waals surface area contributed by atoms with E-state index in [-0.39, 0.29) is 18.1 Å². The third kappa shape index (κ3) is 2.86. The van der Waals surface area contributed by atoms with E-state index >= 15 is 0 Å². The molecule has 0 aromatic heterocycles. The first-order chi connectivity index (χ1) is 8.54. The lowest BCUT2D eigenvalue weighted by atomic mass is 10.1. The van der Waals surface area contributed by atoms with Gasteiger partial charge in [0.15, 0.2) is 0 Å². The molecule has 18 heavy (non-hydrogen) atoms. The Hall–Kier alpha value is -0.610. The molecule has 0 bridgehead atoms. The molecule has 4 nitrogen and oxygen atoms in total. The predicted octanol–water partition coefficient (Wildman–Crippen LogP) is 1.27. The van der Waals surface area contributed by atoms with Crippen molar-refractivity contribution in [3.8, 4) is 0 Å². The van der Waals surface area contributed by atoms with Gasteiger partial charge in [-0.3, -0.25) is 15.0 Å². The van der Waals surface area contributed by atoms with Gasteiger partial charge in [0.2, 0.25) is 5.91 Å². The normalized spacial score (nSPS) is 28.8. The molecule has 0 aromatic carbocycles. The molecule has 0 aromatic rings. The SMILES string of the molecule is CCN(CCN1C(=O)C(C)NC1C(C)C)C1CC1. The van der Waals surface area contributed by atoms with E-state index in [1.54, 1.807) is 0 Å². The Labute approximate surface area is 111 Å². The van der Waals surface area contributed by atoms with Gasteiger partial charge in [0.05, 0.1) is 12.2 Å². The van der Waals surface area contributed by atoms with Crippen LogP contribution in [-0.4, -0.2) is 53.6 Å². The smallest absolute Gasteiger partial charge is 0.240 e. The van der Waals surface area contributed by atoms with Crippen LogP contribution in [0.25, 0.3) is 0 Å². The largest absolute Gasteiger partial charge is 0.324 e. The fourth-order valence-corrected chi connectivity index (χ4v) is 2.88. The van der Waals surface area contributed by atoms with Gasteiger partial charge >= 0.3 is 0 Å². The summed E-state index contributed by atoms with van der Waals surface area (Å²) in [5.74, 6) is 0.732. The maximum Gasteiger partial charge on any atom is 0.240 e. The maximum atomic E-state index is 12.2. The summed E-state index contributed by atoms with van der Waals surface area (Å²) in [5.41, 5.74) is 0. The summed E-state index contributed by atoms with van der Waals surface area (Å²) in [4.78, 5) is 16.7. The first-order valence-corrected chi connectivity index (χ1v) is 7.35. The number of hydrogen-bond acceptors (Lipinski definition) is 3. The van der Waals surface area contributed by atoms with Gasteiger partial charge in [-0.1, -0.05) is 20.8 Å². The molecular formula is C14H27N3O. The highest BCUT2D eigenvalue weighted by Crippen LogP contribution is 2.26. The molecule has 1 aliphatic carbocycles. The van der Waals surface area contributed by atoms with Crippen LogP contribution in [-0.2, 0) is 4.79 Å². The van der Waals surface area contributed by atoms with E-state index in [0.29, 0.717) is 5.92 Å². The fourth-order valence-electron chi connectivity index (χ4n) is 2.88. The second kappa shape index (κ2) is 5.57. The number of amides is 1. The van der Waals surface area contributed by atoms with Crippen molar-refractivity contribution in [2.24, 2.45) is 5.92 Å². The van der Waals surface area contributed by atoms with Crippen LogP contribution in [0.15, 0.2) is 0 Å². The van der Waals surface area contributed by atoms with Crippen LogP contribution < -0.4 is 5.32 Å². The molecule has 1 saturated carbocycles. The molecule has 0 spiro atoms. The summed E-state index contributed by atoms with van der Waals surface area (Å²) in [6.07, 6.45) is 2.89. The molecule has 1 amide bonds. The Kier molecular flexibility index (Phi) is 4.28. The van der Waals surface area contributed by atoms with Gasteiger partial charge in [0, 0.05) is 19.1 Å². The van der Waals surface area contributed by atoms with Gasteiger partial charge < -0.3 is 4.90 Å². The zero-order valence-electron chi connectivity index (χ0n) is 12.1. The second-order valence-corrected chi connectivity index (χ2v) is 5.97. The standard InChI is InChI=1S/C14H27N3O/c1-5-16(12-6-7-12)8-9-17-13(10(2)3)15-11(4)14(17)18/h10-13,15H,5-9H2,1-4H3. The number of hydrogen-bond donors (Lipinski definition) is 1. The maximum absolute atomic E-state index is 12.2. The van der Waals surface area contributed by atoms with Crippen molar-refractivity contribution in [2.75, 3.05) is 19.6 Å². The number of nitrogens with zero attached hydrogens (tertiary/aromatic N) is 2. The minimum absolute atomic E-state index is 0.0200. The molecule has 1 aliphatic heterocycles. The lowest BCUT2D eigenvalue weighted by Gasteiger charge is -2.30. The van der Waals surface area contributed by atoms with E-state index in [4.69, 9.17) is 0 Å². The molecule has 2 aliphatic rings. The van der Waals surface area contributed by atoms with E-state index in [9.17, 15) is 4.79 Å². The Morgan fingerprint density at radius 2 is 2.11 bits per heavy atom. The van der Waals surface area contributed by atoms with Crippen LogP contribution in [0, 0.1) is 5.92 Å². The van der Waals surface area contributed by atoms with Crippen molar-refractivity contribution in [2.45, 2.75) is 58.8 Å². The Bertz CT molecular complexity index is 301. The molecule has 2 rings (SSSR count). The van der Waals surface area contributed by atoms with Crippen LogP contribution >= 0.6 is 0 Å². The van der Waals surface area contributed by atoms with E-state index < -0.39 is 0 Å². The van der Waals surface area contributed by atoms with Crippen LogP contribution in [0.5, 0.6) is 0 Å². The lowest BCUT2D eigenvalue weighted by Crippen LogP contribution is -2.45. The van der Waals surface area contributed by atoms with Gasteiger partial charge in [0.25, 0.3) is 0 Å². The quantitative estimate of drug-likeness (QED) is 0.774. The van der Waals surface area contributed by atoms with Crippen molar-refractivity contribution < 1.29 is 4.79 Å². The van der Waals surface area contributed by atoms with Crippen molar-refractivity contribution in [3.05, 3.63) is 0 Å². The van der Waals surface area contributed by atoms with Gasteiger partial charge in [0.1, 0.15) is 0 Å². The summed E-state index contributed by atoms with van der Waals surface area (Å²) in [6.45, 7) is 11.5. The van der Waals surface area contributed by atoms with Crippen LogP contribution in [0.2, 0.25) is 0 Å². The molecule has 2 atom stereocenters. The van der Waals surface area contributed by atoms with Gasteiger partial charge in [-0.15, -0.1) is 0 Å². The third-order valence-corrected chi connectivity index (χ3v) is 4.14. The highest BCUT2D eigenvalue weighted by molar-refractivity contribution is 5.83. The van der Waals surface area contributed by atoms with E-state index in [1.165, 1.54) is 12.8 Å². The van der Waals surface area contributed by atoms with Gasteiger partial charge in [-0.05, 0) is 32.2 Å². The molecule has 0 radical (unpaired) electrons. The molecule has 1 N–H and O–H groups in total. The number of rotatable bonds is 6. The Balaban J connectivity index is 1.90. The first-order valence-electron chi connectivity index (χ1n) is 7.35. The molecule has 1 saturated heterocycles. The number of carbonyl (C=O) groups is 1. The zero-order chi connectivity index (χ0) is 13.3. The highest BCUT2D eigenvalue weighted by atomic mass is 16.2. The molecule has 2 fully saturated rings. The third-order valence-electron chi connectivity index (χ3n) is 4.14. The van der Waals surface area contributed by atoms with E-state index in [2.05, 4.69) is 31.0 Å². The zero-order valence-corrected chi connectivity index (χ0v) is 12.1. The lowest BCUT2D eigenvalue weighted by molar-refractivity contribution is -0.130. The van der Waals surface area contributed by atoms with Crippen molar-refractivity contribution >= 4 is 5.91 Å². The Morgan fingerprint density at radius 1 is 1.44 bits per heavy atom. The minimum Gasteiger partial charge on any atom is -0.324 e. The average molecular weight is 253 g/mol. The number of carbonyl (C=O) groups excluding carboxylic acids is 1. The topological polar surface area (TPSA) is 35.6 Å². The average Bonchev–Trinajstić information content (AvgIpc) is 3.11. The molecular weight excluding hydrogens is 226 g/mol.